The molecule has 24 heavy (non-hydrogen) atoms. The van der Waals surface area contributed by atoms with Crippen LogP contribution in [0.4, 0.5) is 0 Å². The van der Waals surface area contributed by atoms with Gasteiger partial charge in [0.1, 0.15) is 0 Å². The highest BCUT2D eigenvalue weighted by Gasteiger charge is 2.25. The minimum atomic E-state index is 1.01. The van der Waals surface area contributed by atoms with E-state index >= 15 is 0 Å². The molecule has 0 aliphatic carbocycles. The van der Waals surface area contributed by atoms with Crippen LogP contribution < -0.4 is 0 Å². The van der Waals surface area contributed by atoms with E-state index in [1.807, 2.05) is 66.5 Å². The molecule has 1 aromatic carbocycles. The van der Waals surface area contributed by atoms with E-state index < -0.39 is 0 Å². The zero-order chi connectivity index (χ0) is 17.1. The van der Waals surface area contributed by atoms with Crippen molar-refractivity contribution in [2.75, 3.05) is 0 Å². The van der Waals surface area contributed by atoms with Gasteiger partial charge >= 0.3 is 0 Å². The number of hydrogen-bond acceptors (Lipinski definition) is 4. The second-order valence-corrected chi connectivity index (χ2v) is 10.4. The SMILES string of the molecule is CC#Cc1cccc(C#CC2=C(C)SC(=C3SC(C)=C(C)S3)S2)c1. The molecule has 2 aliphatic rings. The number of benzene rings is 1. The fourth-order valence-corrected chi connectivity index (χ4v) is 7.28. The molecule has 0 spiro atoms. The predicted octanol–water partition coefficient (Wildman–Crippen LogP) is 6.98. The Morgan fingerprint density at radius 3 is 1.96 bits per heavy atom. The largest absolute Gasteiger partial charge is 0.101 e. The van der Waals surface area contributed by atoms with Crippen LogP contribution in [0.1, 0.15) is 38.8 Å². The summed E-state index contributed by atoms with van der Waals surface area (Å²) in [5, 5.41) is 0. The second kappa shape index (κ2) is 7.89. The monoisotopic (exact) mass is 384 g/mol. The van der Waals surface area contributed by atoms with Gasteiger partial charge in [0.15, 0.2) is 0 Å². The van der Waals surface area contributed by atoms with Crippen LogP contribution in [-0.2, 0) is 0 Å². The predicted molar refractivity (Wildman–Crippen MR) is 114 cm³/mol. The molecule has 0 saturated heterocycles. The normalized spacial score (nSPS) is 17.0. The lowest BCUT2D eigenvalue weighted by molar-refractivity contribution is 1.57. The first kappa shape index (κ1) is 17.8. The summed E-state index contributed by atoms with van der Waals surface area (Å²) in [6.45, 7) is 8.40. The van der Waals surface area contributed by atoms with Crippen LogP contribution in [0.25, 0.3) is 0 Å². The highest BCUT2D eigenvalue weighted by Crippen LogP contribution is 2.59. The summed E-state index contributed by atoms with van der Waals surface area (Å²) in [5.41, 5.74) is 2.03. The molecular weight excluding hydrogens is 368 g/mol. The Morgan fingerprint density at radius 2 is 1.29 bits per heavy atom. The second-order valence-electron chi connectivity index (χ2n) is 5.19. The molecule has 0 unspecified atom stereocenters. The molecule has 0 aromatic heterocycles. The van der Waals surface area contributed by atoms with Gasteiger partial charge in [0.2, 0.25) is 0 Å². The lowest BCUT2D eigenvalue weighted by Gasteiger charge is -2.00. The Labute approximate surface area is 161 Å². The van der Waals surface area contributed by atoms with Crippen molar-refractivity contribution >= 4 is 47.0 Å². The van der Waals surface area contributed by atoms with Gasteiger partial charge in [0, 0.05) is 16.0 Å². The maximum Gasteiger partial charge on any atom is 0.0726 e. The van der Waals surface area contributed by atoms with Gasteiger partial charge in [0.05, 0.1) is 13.4 Å². The first-order chi connectivity index (χ1) is 11.6. The average Bonchev–Trinajstić information content (AvgIpc) is 3.09. The van der Waals surface area contributed by atoms with Crippen LogP contribution in [-0.4, -0.2) is 0 Å². The standard InChI is InChI=1S/C20H16S4/c1-5-7-16-8-6-9-17(12-16)10-11-18-15(4)23-20(24-18)19-21-13(2)14(3)22-19/h6,8-9,12H,1-4H3. The van der Waals surface area contributed by atoms with E-state index in [4.69, 9.17) is 0 Å². The van der Waals surface area contributed by atoms with Crippen molar-refractivity contribution in [2.45, 2.75) is 27.7 Å². The first-order valence-electron chi connectivity index (χ1n) is 7.45. The van der Waals surface area contributed by atoms with Crippen molar-refractivity contribution in [3.8, 4) is 23.7 Å². The Kier molecular flexibility index (Phi) is 5.85. The summed E-state index contributed by atoms with van der Waals surface area (Å²) in [6, 6.07) is 8.11. The zero-order valence-electron chi connectivity index (χ0n) is 13.9. The van der Waals surface area contributed by atoms with Gasteiger partial charge in [-0.1, -0.05) is 70.9 Å². The van der Waals surface area contributed by atoms with E-state index in [2.05, 4.69) is 44.5 Å². The van der Waals surface area contributed by atoms with E-state index in [1.54, 1.807) is 11.8 Å². The van der Waals surface area contributed by atoms with Crippen LogP contribution in [0, 0.1) is 23.7 Å². The highest BCUT2D eigenvalue weighted by atomic mass is 32.2. The molecule has 0 bridgehead atoms. The topological polar surface area (TPSA) is 0 Å². The van der Waals surface area contributed by atoms with Crippen molar-refractivity contribution in [1.82, 2.24) is 0 Å². The molecule has 2 heterocycles. The van der Waals surface area contributed by atoms with Crippen LogP contribution in [0.2, 0.25) is 0 Å². The molecule has 0 amide bonds. The van der Waals surface area contributed by atoms with Crippen LogP contribution in [0.5, 0.6) is 0 Å². The molecule has 0 nitrogen and oxygen atoms in total. The summed E-state index contributed by atoms with van der Waals surface area (Å²) in [7, 11) is 0. The van der Waals surface area contributed by atoms with E-state index in [1.165, 1.54) is 23.2 Å². The Morgan fingerprint density at radius 1 is 0.708 bits per heavy atom. The van der Waals surface area contributed by atoms with Gasteiger partial charge < -0.3 is 0 Å². The molecular formula is C20H16S4. The third-order valence-corrected chi connectivity index (χ3v) is 9.05. The third-order valence-electron chi connectivity index (χ3n) is 3.37. The van der Waals surface area contributed by atoms with Crippen molar-refractivity contribution in [3.05, 3.63) is 63.5 Å². The molecule has 3 rings (SSSR count). The molecule has 0 N–H and O–H groups in total. The lowest BCUT2D eigenvalue weighted by Crippen LogP contribution is -1.78. The van der Waals surface area contributed by atoms with E-state index in [0.717, 1.165) is 16.0 Å². The summed E-state index contributed by atoms with van der Waals surface area (Å²) in [5.74, 6) is 12.6. The summed E-state index contributed by atoms with van der Waals surface area (Å²) >= 11 is 7.43. The van der Waals surface area contributed by atoms with Gasteiger partial charge in [0.25, 0.3) is 0 Å². The number of allylic oxidation sites excluding steroid dienone is 4. The average molecular weight is 385 g/mol. The van der Waals surface area contributed by atoms with Gasteiger partial charge in [-0.2, -0.15) is 0 Å². The zero-order valence-corrected chi connectivity index (χ0v) is 17.2. The Balaban J connectivity index is 1.78. The molecule has 0 radical (unpaired) electrons. The Hall–Kier alpha value is -1.04. The molecule has 0 fully saturated rings. The fraction of sp³-hybridized carbons (Fsp3) is 0.200. The van der Waals surface area contributed by atoms with Crippen molar-refractivity contribution in [1.29, 1.82) is 0 Å². The maximum atomic E-state index is 3.35. The summed E-state index contributed by atoms with van der Waals surface area (Å²) < 4.78 is 2.77. The molecule has 2 aliphatic heterocycles. The maximum absolute atomic E-state index is 3.35. The molecule has 120 valence electrons. The minimum Gasteiger partial charge on any atom is -0.101 e. The van der Waals surface area contributed by atoms with E-state index in [0.29, 0.717) is 0 Å². The number of rotatable bonds is 0. The van der Waals surface area contributed by atoms with E-state index in [9.17, 15) is 0 Å². The first-order valence-corrected chi connectivity index (χ1v) is 10.7. The molecule has 1 aromatic rings. The van der Waals surface area contributed by atoms with Gasteiger partial charge in [-0.15, -0.1) is 5.92 Å². The van der Waals surface area contributed by atoms with Crippen LogP contribution >= 0.6 is 47.0 Å². The quantitative estimate of drug-likeness (QED) is 0.442. The van der Waals surface area contributed by atoms with Gasteiger partial charge in [-0.25, -0.2) is 0 Å². The highest BCUT2D eigenvalue weighted by molar-refractivity contribution is 8.34. The number of thioether (sulfide) groups is 4. The molecule has 0 saturated carbocycles. The van der Waals surface area contributed by atoms with Crippen molar-refractivity contribution in [2.24, 2.45) is 0 Å². The lowest BCUT2D eigenvalue weighted by atomic mass is 10.1. The van der Waals surface area contributed by atoms with Crippen LogP contribution in [0.15, 0.2) is 52.4 Å². The molecule has 0 atom stereocenters. The van der Waals surface area contributed by atoms with E-state index in [-0.39, 0.29) is 0 Å². The molecule has 4 heteroatoms. The summed E-state index contributed by atoms with van der Waals surface area (Å²) in [4.78, 5) is 5.28. The minimum absolute atomic E-state index is 1.01. The third kappa shape index (κ3) is 4.13. The van der Waals surface area contributed by atoms with Gasteiger partial charge in [-0.05, 0) is 55.7 Å². The van der Waals surface area contributed by atoms with Gasteiger partial charge in [-0.3, -0.25) is 0 Å². The fourth-order valence-electron chi connectivity index (χ4n) is 2.04. The smallest absolute Gasteiger partial charge is 0.0726 e. The number of hydrogen-bond donors (Lipinski definition) is 0. The van der Waals surface area contributed by atoms with Crippen molar-refractivity contribution < 1.29 is 0 Å². The summed E-state index contributed by atoms with van der Waals surface area (Å²) in [6.07, 6.45) is 0. The van der Waals surface area contributed by atoms with Crippen LogP contribution in [0.3, 0.4) is 0 Å². The Bertz CT molecular complexity index is 892. The van der Waals surface area contributed by atoms with Crippen molar-refractivity contribution in [3.63, 3.8) is 0 Å².